The minimum atomic E-state index is -0.534. The Bertz CT molecular complexity index is 636. The summed E-state index contributed by atoms with van der Waals surface area (Å²) in [4.78, 5) is 11.8. The van der Waals surface area contributed by atoms with Crippen LogP contribution in [0.15, 0.2) is 30.5 Å². The fourth-order valence-corrected chi connectivity index (χ4v) is 1.97. The van der Waals surface area contributed by atoms with Crippen LogP contribution >= 0.6 is 0 Å². The fraction of sp³-hybridized carbons (Fsp3) is 0.333. The summed E-state index contributed by atoms with van der Waals surface area (Å²) in [5, 5.41) is 6.82. The Morgan fingerprint density at radius 2 is 2.10 bits per heavy atom. The second kappa shape index (κ2) is 5.47. The number of ether oxygens (including phenoxy) is 1. The molecule has 0 saturated carbocycles. The molecule has 0 aliphatic heterocycles. The zero-order chi connectivity index (χ0) is 15.6. The normalized spacial score (nSPS) is 11.2. The van der Waals surface area contributed by atoms with Gasteiger partial charge in [-0.25, -0.2) is 4.79 Å². The lowest BCUT2D eigenvalue weighted by atomic mass is 10.1. The molecule has 0 aliphatic rings. The monoisotopic (exact) mass is 288 g/mol. The average molecular weight is 288 g/mol. The maximum absolute atomic E-state index is 11.8. The molecule has 0 saturated heterocycles. The van der Waals surface area contributed by atoms with E-state index in [4.69, 9.17) is 10.5 Å². The summed E-state index contributed by atoms with van der Waals surface area (Å²) in [6.45, 7) is 5.46. The van der Waals surface area contributed by atoms with Crippen molar-refractivity contribution in [1.82, 2.24) is 9.78 Å². The molecule has 0 spiro atoms. The maximum atomic E-state index is 11.8. The van der Waals surface area contributed by atoms with Gasteiger partial charge in [-0.05, 0) is 32.9 Å². The lowest BCUT2D eigenvalue weighted by Crippen LogP contribution is -2.27. The van der Waals surface area contributed by atoms with Crippen LogP contribution in [0.4, 0.5) is 16.2 Å². The third-order valence-electron chi connectivity index (χ3n) is 2.75. The number of benzene rings is 1. The molecule has 0 radical (unpaired) electrons. The van der Waals surface area contributed by atoms with Crippen LogP contribution in [0.5, 0.6) is 0 Å². The van der Waals surface area contributed by atoms with Crippen LogP contribution in [-0.4, -0.2) is 21.5 Å². The first-order valence-corrected chi connectivity index (χ1v) is 6.64. The maximum Gasteiger partial charge on any atom is 0.412 e. The van der Waals surface area contributed by atoms with Gasteiger partial charge in [0.15, 0.2) is 0 Å². The van der Waals surface area contributed by atoms with Crippen LogP contribution in [0, 0.1) is 0 Å². The summed E-state index contributed by atoms with van der Waals surface area (Å²) in [7, 11) is 1.82. The number of nitrogens with one attached hydrogen (secondary N) is 1. The summed E-state index contributed by atoms with van der Waals surface area (Å²) in [5.74, 6) is 0. The number of nitrogen functional groups attached to an aromatic ring is 1. The van der Waals surface area contributed by atoms with Gasteiger partial charge < -0.3 is 10.5 Å². The second-order valence-electron chi connectivity index (χ2n) is 5.78. The first-order chi connectivity index (χ1) is 9.76. The van der Waals surface area contributed by atoms with Gasteiger partial charge in [-0.15, -0.1) is 0 Å². The number of aryl methyl sites for hydroxylation is 1. The number of nitrogens with two attached hydrogens (primary N) is 1. The molecule has 2 aromatic rings. The van der Waals surface area contributed by atoms with Gasteiger partial charge in [0.05, 0.1) is 17.6 Å². The first-order valence-electron chi connectivity index (χ1n) is 6.64. The molecule has 2 rings (SSSR count). The standard InChI is InChI=1S/C15H20N4O2/c1-15(2,3)21-14(20)18-11-7-5-6-10(8-11)13-12(16)9-17-19(13)4/h5-9H,16H2,1-4H3,(H,18,20). The molecule has 1 aromatic heterocycles. The van der Waals surface area contributed by atoms with Crippen molar-refractivity contribution in [2.75, 3.05) is 11.1 Å². The van der Waals surface area contributed by atoms with Crippen LogP contribution in [-0.2, 0) is 11.8 Å². The highest BCUT2D eigenvalue weighted by Gasteiger charge is 2.16. The van der Waals surface area contributed by atoms with Gasteiger partial charge in [-0.3, -0.25) is 10.00 Å². The van der Waals surface area contributed by atoms with Crippen LogP contribution in [0.25, 0.3) is 11.3 Å². The van der Waals surface area contributed by atoms with Gasteiger partial charge in [0.1, 0.15) is 5.60 Å². The van der Waals surface area contributed by atoms with Crippen molar-refractivity contribution in [3.05, 3.63) is 30.5 Å². The number of nitrogens with zero attached hydrogens (tertiary/aromatic N) is 2. The van der Waals surface area contributed by atoms with Gasteiger partial charge in [0, 0.05) is 18.3 Å². The lowest BCUT2D eigenvalue weighted by molar-refractivity contribution is 0.0636. The summed E-state index contributed by atoms with van der Waals surface area (Å²) in [6, 6.07) is 7.37. The summed E-state index contributed by atoms with van der Waals surface area (Å²) >= 11 is 0. The zero-order valence-corrected chi connectivity index (χ0v) is 12.7. The van der Waals surface area contributed by atoms with E-state index in [0.29, 0.717) is 11.4 Å². The lowest BCUT2D eigenvalue weighted by Gasteiger charge is -2.19. The molecule has 0 bridgehead atoms. The molecule has 1 heterocycles. The summed E-state index contributed by atoms with van der Waals surface area (Å²) < 4.78 is 6.92. The van der Waals surface area contributed by atoms with Crippen molar-refractivity contribution in [2.24, 2.45) is 7.05 Å². The molecule has 6 nitrogen and oxygen atoms in total. The SMILES string of the molecule is Cn1ncc(N)c1-c1cccc(NC(=O)OC(C)(C)C)c1. The largest absolute Gasteiger partial charge is 0.444 e. The van der Waals surface area contributed by atoms with Gasteiger partial charge in [0.2, 0.25) is 0 Å². The van der Waals surface area contributed by atoms with E-state index in [1.807, 2.05) is 46.0 Å². The molecule has 1 aromatic carbocycles. The van der Waals surface area contributed by atoms with Crippen molar-refractivity contribution in [1.29, 1.82) is 0 Å². The Labute approximate surface area is 123 Å². The number of aromatic nitrogens is 2. The van der Waals surface area contributed by atoms with Crippen molar-refractivity contribution < 1.29 is 9.53 Å². The predicted molar refractivity (Wildman–Crippen MR) is 82.9 cm³/mol. The summed E-state index contributed by atoms with van der Waals surface area (Å²) in [6.07, 6.45) is 1.11. The van der Waals surface area contributed by atoms with Crippen molar-refractivity contribution in [3.63, 3.8) is 0 Å². The van der Waals surface area contributed by atoms with E-state index in [0.717, 1.165) is 11.3 Å². The van der Waals surface area contributed by atoms with Gasteiger partial charge in [-0.1, -0.05) is 12.1 Å². The number of hydrogen-bond donors (Lipinski definition) is 2. The third-order valence-corrected chi connectivity index (χ3v) is 2.75. The van der Waals surface area contributed by atoms with Crippen molar-refractivity contribution in [2.45, 2.75) is 26.4 Å². The fourth-order valence-electron chi connectivity index (χ4n) is 1.97. The smallest absolute Gasteiger partial charge is 0.412 e. The molecule has 21 heavy (non-hydrogen) atoms. The minimum Gasteiger partial charge on any atom is -0.444 e. The topological polar surface area (TPSA) is 82.2 Å². The Balaban J connectivity index is 2.21. The Kier molecular flexibility index (Phi) is 3.88. The van der Waals surface area contributed by atoms with E-state index in [1.54, 1.807) is 16.9 Å². The molecule has 1 amide bonds. The highest BCUT2D eigenvalue weighted by Crippen LogP contribution is 2.27. The highest BCUT2D eigenvalue weighted by atomic mass is 16.6. The van der Waals surface area contributed by atoms with Crippen molar-refractivity contribution >= 4 is 17.5 Å². The van der Waals surface area contributed by atoms with Crippen molar-refractivity contribution in [3.8, 4) is 11.3 Å². The van der Waals surface area contributed by atoms with Gasteiger partial charge in [0.25, 0.3) is 0 Å². The Hall–Kier alpha value is -2.50. The molecule has 3 N–H and O–H groups in total. The zero-order valence-electron chi connectivity index (χ0n) is 12.7. The Morgan fingerprint density at radius 1 is 1.38 bits per heavy atom. The van der Waals surface area contributed by atoms with Gasteiger partial charge in [-0.2, -0.15) is 5.10 Å². The quantitative estimate of drug-likeness (QED) is 0.890. The molecule has 6 heteroatoms. The molecular formula is C15H20N4O2. The minimum absolute atomic E-state index is 0.488. The second-order valence-corrected chi connectivity index (χ2v) is 5.78. The number of anilines is 2. The van der Waals surface area contributed by atoms with Crippen LogP contribution in [0.2, 0.25) is 0 Å². The number of carbonyl (C=O) groups is 1. The average Bonchev–Trinajstić information content (AvgIpc) is 2.66. The van der Waals surface area contributed by atoms with E-state index in [9.17, 15) is 4.79 Å². The predicted octanol–water partition coefficient (Wildman–Crippen LogP) is 3.02. The van der Waals surface area contributed by atoms with E-state index < -0.39 is 11.7 Å². The summed E-state index contributed by atoms with van der Waals surface area (Å²) in [5.41, 5.74) is 8.29. The molecule has 0 aliphatic carbocycles. The van der Waals surface area contributed by atoms with Crippen LogP contribution in [0.3, 0.4) is 0 Å². The molecule has 0 fully saturated rings. The van der Waals surface area contributed by atoms with E-state index >= 15 is 0 Å². The van der Waals surface area contributed by atoms with Crippen LogP contribution < -0.4 is 11.1 Å². The molecular weight excluding hydrogens is 268 g/mol. The molecule has 112 valence electrons. The number of amides is 1. The molecule has 0 unspecified atom stereocenters. The Morgan fingerprint density at radius 3 is 2.67 bits per heavy atom. The third kappa shape index (κ3) is 3.75. The van der Waals surface area contributed by atoms with Crippen LogP contribution in [0.1, 0.15) is 20.8 Å². The number of rotatable bonds is 2. The van der Waals surface area contributed by atoms with E-state index in [2.05, 4.69) is 10.4 Å². The first kappa shape index (κ1) is 14.9. The van der Waals surface area contributed by atoms with Gasteiger partial charge >= 0.3 is 6.09 Å². The number of carbonyl (C=O) groups excluding carboxylic acids is 1. The van der Waals surface area contributed by atoms with E-state index in [-0.39, 0.29) is 0 Å². The number of hydrogen-bond acceptors (Lipinski definition) is 4. The highest BCUT2D eigenvalue weighted by molar-refractivity contribution is 5.86. The van der Waals surface area contributed by atoms with E-state index in [1.165, 1.54) is 0 Å². The molecule has 0 atom stereocenters.